The molecule has 1 atom stereocenters. The molecular formula is C30H32N6O2. The summed E-state index contributed by atoms with van der Waals surface area (Å²) >= 11 is 0. The Kier molecular flexibility index (Phi) is 7.55. The first kappa shape index (κ1) is 25.3. The molecule has 1 amide bonds. The maximum Gasteiger partial charge on any atom is 0.229 e. The Morgan fingerprint density at radius 2 is 2.00 bits per heavy atom. The lowest BCUT2D eigenvalue weighted by atomic mass is 10.1. The van der Waals surface area contributed by atoms with Crippen molar-refractivity contribution in [1.82, 2.24) is 24.0 Å². The largest absolute Gasteiger partial charge is 0.496 e. The summed E-state index contributed by atoms with van der Waals surface area (Å²) in [6, 6.07) is 15.6. The third kappa shape index (κ3) is 5.32. The SMILES string of the molecule is [C-]#[N+]c1ccc(Cn2cncc2CC(=O)N2Cc3nc(-c4ccccc4OC)cn3C(CCCC)C2)cc1. The van der Waals surface area contributed by atoms with Gasteiger partial charge in [-0.1, -0.05) is 56.2 Å². The highest BCUT2D eigenvalue weighted by atomic mass is 16.5. The van der Waals surface area contributed by atoms with Crippen LogP contribution in [0, 0.1) is 6.57 Å². The summed E-state index contributed by atoms with van der Waals surface area (Å²) in [6.07, 6.45) is 9.11. The molecule has 0 N–H and O–H groups in total. The number of nitrogens with zero attached hydrogens (tertiary/aromatic N) is 6. The molecule has 2 aromatic heterocycles. The number of para-hydroxylation sites is 1. The fourth-order valence-electron chi connectivity index (χ4n) is 5.07. The van der Waals surface area contributed by atoms with Gasteiger partial charge < -0.3 is 18.8 Å². The molecule has 8 heteroatoms. The van der Waals surface area contributed by atoms with Gasteiger partial charge in [-0.25, -0.2) is 14.8 Å². The lowest BCUT2D eigenvalue weighted by molar-refractivity contribution is -0.132. The van der Waals surface area contributed by atoms with Crippen LogP contribution in [-0.4, -0.2) is 43.6 Å². The molecular weight excluding hydrogens is 476 g/mol. The highest BCUT2D eigenvalue weighted by Gasteiger charge is 2.30. The van der Waals surface area contributed by atoms with Gasteiger partial charge in [0.2, 0.25) is 5.91 Å². The number of ether oxygens (including phenoxy) is 1. The second-order valence-corrected chi connectivity index (χ2v) is 9.69. The fourth-order valence-corrected chi connectivity index (χ4v) is 5.07. The lowest BCUT2D eigenvalue weighted by Crippen LogP contribution is -2.42. The normalized spacial score (nSPS) is 14.7. The number of unbranched alkanes of at least 4 members (excludes halogenated alkanes) is 1. The van der Waals surface area contributed by atoms with Crippen LogP contribution in [0.25, 0.3) is 16.1 Å². The number of methoxy groups -OCH3 is 1. The number of imidazole rings is 2. The molecule has 0 radical (unpaired) electrons. The number of hydrogen-bond acceptors (Lipinski definition) is 4. The van der Waals surface area contributed by atoms with Gasteiger partial charge in [-0.05, 0) is 24.1 Å². The van der Waals surface area contributed by atoms with Crippen LogP contribution in [0.1, 0.15) is 49.3 Å². The fraction of sp³-hybridized carbons (Fsp3) is 0.333. The highest BCUT2D eigenvalue weighted by Crippen LogP contribution is 2.33. The lowest BCUT2D eigenvalue weighted by Gasteiger charge is -2.34. The van der Waals surface area contributed by atoms with Gasteiger partial charge in [-0.2, -0.15) is 0 Å². The molecule has 2 aromatic carbocycles. The van der Waals surface area contributed by atoms with Crippen LogP contribution in [0.15, 0.2) is 67.3 Å². The molecule has 194 valence electrons. The second-order valence-electron chi connectivity index (χ2n) is 9.69. The molecule has 8 nitrogen and oxygen atoms in total. The first-order valence-corrected chi connectivity index (χ1v) is 13.0. The Balaban J connectivity index is 1.35. The van der Waals surface area contributed by atoms with Crippen molar-refractivity contribution >= 4 is 11.6 Å². The third-order valence-electron chi connectivity index (χ3n) is 7.14. The molecule has 0 saturated carbocycles. The number of hydrogen-bond donors (Lipinski definition) is 0. The van der Waals surface area contributed by atoms with E-state index in [1.165, 1.54) is 0 Å². The highest BCUT2D eigenvalue weighted by molar-refractivity contribution is 5.78. The van der Waals surface area contributed by atoms with Crippen molar-refractivity contribution in [2.45, 2.75) is 51.7 Å². The Bertz CT molecular complexity index is 1450. The maximum atomic E-state index is 13.6. The van der Waals surface area contributed by atoms with Gasteiger partial charge in [0.25, 0.3) is 0 Å². The average molecular weight is 509 g/mol. The van der Waals surface area contributed by atoms with Crippen molar-refractivity contribution < 1.29 is 9.53 Å². The summed E-state index contributed by atoms with van der Waals surface area (Å²) in [5.74, 6) is 1.77. The van der Waals surface area contributed by atoms with Gasteiger partial charge in [0.05, 0.1) is 44.7 Å². The first-order chi connectivity index (χ1) is 18.6. The van der Waals surface area contributed by atoms with E-state index in [2.05, 4.69) is 27.5 Å². The standard InChI is InChI=1S/C30H32N6O2/c1-4-5-8-24-18-34(20-29-33-27(19-36(24)29)26-9-6-7-10-28(26)38-3)30(37)15-25-16-32-21-35(25)17-22-11-13-23(31-2)14-12-22/h6-7,9-14,16,19,21,24H,4-5,8,15,17-18,20H2,1,3H3. The van der Waals surface area contributed by atoms with Crippen LogP contribution in [-0.2, 0) is 24.3 Å². The molecule has 5 rings (SSSR count). The minimum atomic E-state index is 0.0738. The molecule has 1 aliphatic heterocycles. The molecule has 0 saturated heterocycles. The molecule has 0 fully saturated rings. The van der Waals surface area contributed by atoms with Crippen molar-refractivity contribution in [3.8, 4) is 17.0 Å². The Morgan fingerprint density at radius 3 is 2.76 bits per heavy atom. The van der Waals surface area contributed by atoms with Crippen molar-refractivity contribution in [3.05, 3.63) is 95.8 Å². The summed E-state index contributed by atoms with van der Waals surface area (Å²) in [5.41, 5.74) is 4.38. The zero-order valence-corrected chi connectivity index (χ0v) is 21.9. The van der Waals surface area contributed by atoms with Crippen molar-refractivity contribution in [1.29, 1.82) is 0 Å². The van der Waals surface area contributed by atoms with Crippen LogP contribution < -0.4 is 4.74 Å². The molecule has 3 heterocycles. The molecule has 1 aliphatic rings. The van der Waals surface area contributed by atoms with Gasteiger partial charge in [0.15, 0.2) is 5.69 Å². The molecule has 0 aliphatic carbocycles. The van der Waals surface area contributed by atoms with Gasteiger partial charge in [-0.15, -0.1) is 0 Å². The van der Waals surface area contributed by atoms with E-state index in [9.17, 15) is 4.79 Å². The quantitative estimate of drug-likeness (QED) is 0.273. The van der Waals surface area contributed by atoms with E-state index in [0.29, 0.717) is 25.3 Å². The first-order valence-electron chi connectivity index (χ1n) is 13.0. The third-order valence-corrected chi connectivity index (χ3v) is 7.14. The number of benzene rings is 2. The number of carbonyl (C=O) groups excluding carboxylic acids is 1. The van der Waals surface area contributed by atoms with Crippen LogP contribution >= 0.6 is 0 Å². The Labute approximate surface area is 223 Å². The summed E-state index contributed by atoms with van der Waals surface area (Å²) < 4.78 is 9.84. The Hall–Kier alpha value is -4.38. The van der Waals surface area contributed by atoms with E-state index in [1.807, 2.05) is 58.0 Å². The van der Waals surface area contributed by atoms with Gasteiger partial charge in [0.1, 0.15) is 11.6 Å². The number of fused-ring (bicyclic) bond motifs is 1. The predicted octanol–water partition coefficient (Wildman–Crippen LogP) is 5.67. The van der Waals surface area contributed by atoms with Gasteiger partial charge in [-0.3, -0.25) is 4.79 Å². The monoisotopic (exact) mass is 508 g/mol. The van der Waals surface area contributed by atoms with E-state index in [-0.39, 0.29) is 18.4 Å². The van der Waals surface area contributed by atoms with Crippen LogP contribution in [0.5, 0.6) is 5.75 Å². The van der Waals surface area contributed by atoms with Gasteiger partial charge >= 0.3 is 0 Å². The molecule has 4 aromatic rings. The van der Waals surface area contributed by atoms with E-state index >= 15 is 0 Å². The molecule has 0 bridgehead atoms. The summed E-state index contributed by atoms with van der Waals surface area (Å²) in [6.45, 7) is 11.1. The van der Waals surface area contributed by atoms with Crippen molar-refractivity contribution in [2.75, 3.05) is 13.7 Å². The molecule has 1 unspecified atom stereocenters. The number of aromatic nitrogens is 4. The van der Waals surface area contributed by atoms with Gasteiger partial charge in [0, 0.05) is 36.7 Å². The zero-order chi connectivity index (χ0) is 26.5. The maximum absolute atomic E-state index is 13.6. The van der Waals surface area contributed by atoms with Crippen molar-refractivity contribution in [3.63, 3.8) is 0 Å². The van der Waals surface area contributed by atoms with Crippen LogP contribution in [0.2, 0.25) is 0 Å². The smallest absolute Gasteiger partial charge is 0.229 e. The van der Waals surface area contributed by atoms with Crippen molar-refractivity contribution in [2.24, 2.45) is 0 Å². The predicted molar refractivity (Wildman–Crippen MR) is 146 cm³/mol. The van der Waals surface area contributed by atoms with Crippen LogP contribution in [0.3, 0.4) is 0 Å². The summed E-state index contributed by atoms with van der Waals surface area (Å²) in [4.78, 5) is 28.2. The summed E-state index contributed by atoms with van der Waals surface area (Å²) in [5, 5.41) is 0. The van der Waals surface area contributed by atoms with E-state index in [0.717, 1.165) is 53.4 Å². The topological polar surface area (TPSA) is 69.5 Å². The number of carbonyl (C=O) groups is 1. The molecule has 38 heavy (non-hydrogen) atoms. The second kappa shape index (κ2) is 11.3. The van der Waals surface area contributed by atoms with Crippen LogP contribution in [0.4, 0.5) is 5.69 Å². The molecule has 0 spiro atoms. The minimum absolute atomic E-state index is 0.0738. The van der Waals surface area contributed by atoms with E-state index in [1.54, 1.807) is 19.6 Å². The average Bonchev–Trinajstić information content (AvgIpc) is 3.58. The summed E-state index contributed by atoms with van der Waals surface area (Å²) in [7, 11) is 1.67. The Morgan fingerprint density at radius 1 is 1.18 bits per heavy atom. The minimum Gasteiger partial charge on any atom is -0.496 e. The number of rotatable bonds is 9. The number of amides is 1. The van der Waals surface area contributed by atoms with E-state index in [4.69, 9.17) is 16.3 Å². The zero-order valence-electron chi connectivity index (χ0n) is 21.9. The van der Waals surface area contributed by atoms with E-state index < -0.39 is 0 Å².